The number of benzene rings is 1. The van der Waals surface area contributed by atoms with Gasteiger partial charge >= 0.3 is 0 Å². The third-order valence-electron chi connectivity index (χ3n) is 2.24. The fraction of sp³-hybridized carbons (Fsp3) is 0.273. The average molecular weight is 297 g/mol. The van der Waals surface area contributed by atoms with E-state index >= 15 is 0 Å². The first-order valence-electron chi connectivity index (χ1n) is 5.21. The smallest absolute Gasteiger partial charge is 0.222 e. The van der Waals surface area contributed by atoms with Crippen LogP contribution in [0, 0.1) is 0 Å². The zero-order chi connectivity index (χ0) is 12.4. The predicted octanol–water partition coefficient (Wildman–Crippen LogP) is 1.77. The Morgan fingerprint density at radius 2 is 2.24 bits per heavy atom. The highest BCUT2D eigenvalue weighted by molar-refractivity contribution is 9.10. The predicted molar refractivity (Wildman–Crippen MR) is 71.8 cm³/mol. The monoisotopic (exact) mass is 296 g/mol. The Balaban J connectivity index is 2.46. The summed E-state index contributed by atoms with van der Waals surface area (Å²) in [6.07, 6.45) is -0.448. The van der Waals surface area contributed by atoms with E-state index in [9.17, 15) is 5.11 Å². The Labute approximate surface area is 107 Å². The van der Waals surface area contributed by atoms with Crippen molar-refractivity contribution in [2.24, 2.45) is 0 Å². The number of nitrogens with zero attached hydrogens (tertiary/aromatic N) is 2. The van der Waals surface area contributed by atoms with Gasteiger partial charge in [-0.1, -0.05) is 15.9 Å². The third kappa shape index (κ3) is 2.83. The molecule has 0 aliphatic rings. The van der Waals surface area contributed by atoms with Crippen LogP contribution in [0.2, 0.25) is 0 Å². The molecule has 5 nitrogen and oxygen atoms in total. The van der Waals surface area contributed by atoms with Crippen LogP contribution in [-0.2, 0) is 0 Å². The van der Waals surface area contributed by atoms with E-state index in [1.54, 1.807) is 6.92 Å². The summed E-state index contributed by atoms with van der Waals surface area (Å²) in [5.74, 6) is 0.851. The molecule has 6 heteroatoms. The molecule has 1 heterocycles. The lowest BCUT2D eigenvalue weighted by Crippen LogP contribution is -2.16. The number of aliphatic hydroxyl groups is 1. The van der Waals surface area contributed by atoms with Gasteiger partial charge in [0, 0.05) is 16.4 Å². The van der Waals surface area contributed by atoms with Gasteiger partial charge in [0.2, 0.25) is 5.95 Å². The zero-order valence-corrected chi connectivity index (χ0v) is 10.9. The van der Waals surface area contributed by atoms with Crippen LogP contribution in [0.5, 0.6) is 0 Å². The number of halogens is 1. The van der Waals surface area contributed by atoms with Gasteiger partial charge in [0.15, 0.2) is 0 Å². The molecule has 0 saturated heterocycles. The van der Waals surface area contributed by atoms with Crippen molar-refractivity contribution in [2.75, 3.05) is 17.6 Å². The van der Waals surface area contributed by atoms with E-state index in [-0.39, 0.29) is 5.95 Å². The molecule has 0 saturated carbocycles. The Morgan fingerprint density at radius 1 is 1.47 bits per heavy atom. The van der Waals surface area contributed by atoms with Crippen LogP contribution in [0.3, 0.4) is 0 Å². The maximum Gasteiger partial charge on any atom is 0.222 e. The van der Waals surface area contributed by atoms with Crippen LogP contribution >= 0.6 is 15.9 Å². The highest BCUT2D eigenvalue weighted by atomic mass is 79.9. The molecule has 1 aromatic heterocycles. The third-order valence-corrected chi connectivity index (χ3v) is 2.73. The summed E-state index contributed by atoms with van der Waals surface area (Å²) in [7, 11) is 0. The number of anilines is 2. The lowest BCUT2D eigenvalue weighted by molar-refractivity contribution is 0.208. The number of fused-ring (bicyclic) bond motifs is 1. The normalized spacial score (nSPS) is 12.6. The molecule has 0 radical (unpaired) electrons. The minimum Gasteiger partial charge on any atom is -0.392 e. The quantitative estimate of drug-likeness (QED) is 0.804. The van der Waals surface area contributed by atoms with Crippen molar-refractivity contribution in [1.29, 1.82) is 0 Å². The first-order valence-corrected chi connectivity index (χ1v) is 6.00. The SMILES string of the molecule is C[C@H](O)CNc1nc(N)nc2cc(Br)ccc12. The molecular weight excluding hydrogens is 284 g/mol. The van der Waals surface area contributed by atoms with E-state index in [0.717, 1.165) is 15.4 Å². The molecule has 0 spiro atoms. The van der Waals surface area contributed by atoms with Crippen LogP contribution in [-0.4, -0.2) is 27.7 Å². The Hall–Kier alpha value is -1.40. The summed E-state index contributed by atoms with van der Waals surface area (Å²) in [6, 6.07) is 5.69. The number of nitrogen functional groups attached to an aromatic ring is 1. The van der Waals surface area contributed by atoms with Gasteiger partial charge in [-0.2, -0.15) is 4.98 Å². The van der Waals surface area contributed by atoms with Gasteiger partial charge in [-0.05, 0) is 25.1 Å². The number of aliphatic hydroxyl groups excluding tert-OH is 1. The van der Waals surface area contributed by atoms with Gasteiger partial charge in [-0.15, -0.1) is 0 Å². The van der Waals surface area contributed by atoms with Crippen molar-refractivity contribution in [3.8, 4) is 0 Å². The summed E-state index contributed by atoms with van der Waals surface area (Å²) < 4.78 is 0.935. The Morgan fingerprint density at radius 3 is 2.94 bits per heavy atom. The summed E-state index contributed by atoms with van der Waals surface area (Å²) in [6.45, 7) is 2.12. The number of nitrogens with two attached hydrogens (primary N) is 1. The molecule has 0 amide bonds. The summed E-state index contributed by atoms with van der Waals surface area (Å²) in [5, 5.41) is 13.2. The minimum absolute atomic E-state index is 0.212. The number of nitrogens with one attached hydrogen (secondary N) is 1. The minimum atomic E-state index is -0.448. The molecule has 4 N–H and O–H groups in total. The lowest BCUT2D eigenvalue weighted by atomic mass is 10.2. The molecular formula is C11H13BrN4O. The molecule has 2 rings (SSSR count). The van der Waals surface area contributed by atoms with Crippen molar-refractivity contribution < 1.29 is 5.11 Å². The van der Waals surface area contributed by atoms with Gasteiger partial charge in [0.25, 0.3) is 0 Å². The topological polar surface area (TPSA) is 84.1 Å². The molecule has 90 valence electrons. The summed E-state index contributed by atoms with van der Waals surface area (Å²) in [5.41, 5.74) is 6.40. The van der Waals surface area contributed by atoms with E-state index in [1.165, 1.54) is 0 Å². The number of hydrogen-bond donors (Lipinski definition) is 3. The number of aromatic nitrogens is 2. The molecule has 0 bridgehead atoms. The van der Waals surface area contributed by atoms with E-state index in [2.05, 4.69) is 31.2 Å². The van der Waals surface area contributed by atoms with Gasteiger partial charge < -0.3 is 16.2 Å². The van der Waals surface area contributed by atoms with Crippen LogP contribution in [0.4, 0.5) is 11.8 Å². The van der Waals surface area contributed by atoms with Gasteiger partial charge in [-0.3, -0.25) is 0 Å². The largest absolute Gasteiger partial charge is 0.392 e. The van der Waals surface area contributed by atoms with Gasteiger partial charge in [-0.25, -0.2) is 4.98 Å². The van der Waals surface area contributed by atoms with E-state index < -0.39 is 6.10 Å². The lowest BCUT2D eigenvalue weighted by Gasteiger charge is -2.10. The zero-order valence-electron chi connectivity index (χ0n) is 9.31. The van der Waals surface area contributed by atoms with Crippen molar-refractivity contribution >= 4 is 38.6 Å². The maximum atomic E-state index is 9.25. The van der Waals surface area contributed by atoms with Crippen LogP contribution < -0.4 is 11.1 Å². The van der Waals surface area contributed by atoms with Crippen LogP contribution in [0.25, 0.3) is 10.9 Å². The molecule has 17 heavy (non-hydrogen) atoms. The second-order valence-corrected chi connectivity index (χ2v) is 4.74. The van der Waals surface area contributed by atoms with Crippen molar-refractivity contribution in [3.63, 3.8) is 0 Å². The highest BCUT2D eigenvalue weighted by Crippen LogP contribution is 2.24. The van der Waals surface area contributed by atoms with Crippen molar-refractivity contribution in [2.45, 2.75) is 13.0 Å². The van der Waals surface area contributed by atoms with E-state index in [4.69, 9.17) is 5.73 Å². The first kappa shape index (κ1) is 12.1. The second kappa shape index (κ2) is 4.85. The molecule has 1 aromatic carbocycles. The fourth-order valence-corrected chi connectivity index (χ4v) is 1.85. The molecule has 1 atom stereocenters. The highest BCUT2D eigenvalue weighted by Gasteiger charge is 2.07. The number of hydrogen-bond acceptors (Lipinski definition) is 5. The van der Waals surface area contributed by atoms with E-state index in [1.807, 2.05) is 18.2 Å². The molecule has 0 aliphatic carbocycles. The van der Waals surface area contributed by atoms with Crippen molar-refractivity contribution in [3.05, 3.63) is 22.7 Å². The first-order chi connectivity index (χ1) is 8.06. The second-order valence-electron chi connectivity index (χ2n) is 3.82. The molecule has 0 unspecified atom stereocenters. The van der Waals surface area contributed by atoms with Gasteiger partial charge in [0.1, 0.15) is 5.82 Å². The summed E-state index contributed by atoms with van der Waals surface area (Å²) in [4.78, 5) is 8.29. The Bertz CT molecular complexity index is 539. The van der Waals surface area contributed by atoms with Crippen molar-refractivity contribution in [1.82, 2.24) is 9.97 Å². The Kier molecular flexibility index (Phi) is 3.44. The van der Waals surface area contributed by atoms with Gasteiger partial charge in [0.05, 0.1) is 11.6 Å². The average Bonchev–Trinajstić information content (AvgIpc) is 2.24. The van der Waals surface area contributed by atoms with Crippen LogP contribution in [0.1, 0.15) is 6.92 Å². The fourth-order valence-electron chi connectivity index (χ4n) is 1.50. The van der Waals surface area contributed by atoms with E-state index in [0.29, 0.717) is 12.4 Å². The number of rotatable bonds is 3. The molecule has 0 fully saturated rings. The van der Waals surface area contributed by atoms with Crippen LogP contribution in [0.15, 0.2) is 22.7 Å². The maximum absolute atomic E-state index is 9.25. The molecule has 0 aliphatic heterocycles. The molecule has 2 aromatic rings. The summed E-state index contributed by atoms with van der Waals surface area (Å²) >= 11 is 3.38. The standard InChI is InChI=1S/C11H13BrN4O/c1-6(17)5-14-10-8-3-2-7(12)4-9(8)15-11(13)16-10/h2-4,6,17H,5H2,1H3,(H3,13,14,15,16)/t6-/m0/s1.